The van der Waals surface area contributed by atoms with E-state index in [9.17, 15) is 14.3 Å². The Morgan fingerprint density at radius 2 is 1.21 bits per heavy atom. The maximum absolute atomic E-state index is 11.8. The molecule has 34 heavy (non-hydrogen) atoms. The van der Waals surface area contributed by atoms with Gasteiger partial charge in [-0.25, -0.2) is 4.57 Å². The molecule has 0 aliphatic carbocycles. The zero-order chi connectivity index (χ0) is 25.5. The second kappa shape index (κ2) is 21.6. The molecule has 0 bridgehead atoms. The molecule has 0 radical (unpaired) electrons. The summed E-state index contributed by atoms with van der Waals surface area (Å²) in [5.74, 6) is -0.655. The van der Waals surface area contributed by atoms with Gasteiger partial charge < -0.3 is 9.01 Å². The number of unbranched alkanes of at least 4 members (excludes halogenated alkanes) is 15. The van der Waals surface area contributed by atoms with Gasteiger partial charge in [-0.05, 0) is 32.1 Å². The number of nitrogens with zero attached hydrogens (tertiary/aromatic N) is 1. The van der Waals surface area contributed by atoms with E-state index in [0.29, 0.717) is 17.4 Å². The van der Waals surface area contributed by atoms with E-state index in [0.717, 1.165) is 12.8 Å². The van der Waals surface area contributed by atoms with Crippen molar-refractivity contribution in [3.63, 3.8) is 0 Å². The molecule has 0 amide bonds. The number of phosphoric acid groups is 1. The molecular weight excluding hydrogens is 449 g/mol. The van der Waals surface area contributed by atoms with Gasteiger partial charge in [0.05, 0.1) is 21.1 Å². The van der Waals surface area contributed by atoms with Crippen LogP contribution in [0.5, 0.6) is 0 Å². The first kappa shape index (κ1) is 33.3. The molecule has 0 aromatic heterocycles. The lowest BCUT2D eigenvalue weighted by Gasteiger charge is -2.23. The fourth-order valence-electron chi connectivity index (χ4n) is 3.68. The molecule has 0 heterocycles. The lowest BCUT2D eigenvalue weighted by atomic mass is 10.1. The minimum Gasteiger partial charge on any atom is -0.371 e. The Hall–Kier alpha value is -0.680. The topological polar surface area (TPSA) is 72.8 Å². The van der Waals surface area contributed by atoms with Crippen LogP contribution in [-0.4, -0.2) is 49.6 Å². The summed E-state index contributed by atoms with van der Waals surface area (Å²) < 4.78 is 21.9. The van der Waals surface area contributed by atoms with Crippen molar-refractivity contribution in [2.75, 3.05) is 34.3 Å². The summed E-state index contributed by atoms with van der Waals surface area (Å²) in [6.45, 7) is 2.89. The van der Waals surface area contributed by atoms with Gasteiger partial charge in [-0.15, -0.1) is 0 Å². The van der Waals surface area contributed by atoms with Crippen LogP contribution < -0.4 is 0 Å². The van der Waals surface area contributed by atoms with Crippen LogP contribution in [0, 0.1) is 0 Å². The Bertz CT molecular complexity index is 560. The lowest BCUT2D eigenvalue weighted by molar-refractivity contribution is -0.870. The summed E-state index contributed by atoms with van der Waals surface area (Å²) in [5.41, 5.74) is 0. The zero-order valence-corrected chi connectivity index (χ0v) is 23.7. The molecule has 0 rings (SSSR count). The van der Waals surface area contributed by atoms with Crippen LogP contribution >= 0.6 is 7.82 Å². The van der Waals surface area contributed by atoms with Crippen molar-refractivity contribution in [2.24, 2.45) is 0 Å². The van der Waals surface area contributed by atoms with Crippen LogP contribution in [0.1, 0.15) is 122 Å². The Balaban J connectivity index is 3.43. The average molecular weight is 505 g/mol. The molecule has 6 nitrogen and oxygen atoms in total. The molecular formula is C27H55NO5P+. The van der Waals surface area contributed by atoms with Gasteiger partial charge in [-0.2, -0.15) is 0 Å². The van der Waals surface area contributed by atoms with Gasteiger partial charge in [0.1, 0.15) is 13.2 Å². The molecule has 0 aromatic carbocycles. The maximum atomic E-state index is 11.8. The molecule has 0 aliphatic rings. The van der Waals surface area contributed by atoms with Gasteiger partial charge in [0.15, 0.2) is 0 Å². The van der Waals surface area contributed by atoms with Crippen molar-refractivity contribution < 1.29 is 27.8 Å². The molecule has 0 aromatic rings. The molecule has 1 unspecified atom stereocenters. The van der Waals surface area contributed by atoms with E-state index >= 15 is 0 Å². The number of hydrogen-bond donors (Lipinski definition) is 1. The van der Waals surface area contributed by atoms with Gasteiger partial charge >= 0.3 is 13.8 Å². The molecule has 7 heteroatoms. The van der Waals surface area contributed by atoms with E-state index < -0.39 is 13.8 Å². The SMILES string of the molecule is CCCCCCCCC=CCCCCCCCCCCCC(=O)OP(=O)(O)OCC[N+](C)(C)C. The van der Waals surface area contributed by atoms with Crippen molar-refractivity contribution >= 4 is 13.8 Å². The highest BCUT2D eigenvalue weighted by molar-refractivity contribution is 7.48. The van der Waals surface area contributed by atoms with Crippen molar-refractivity contribution in [2.45, 2.75) is 122 Å². The Labute approximate surface area is 210 Å². The number of hydrogen-bond acceptors (Lipinski definition) is 4. The zero-order valence-electron chi connectivity index (χ0n) is 22.8. The second-order valence-corrected chi connectivity index (χ2v) is 11.9. The van der Waals surface area contributed by atoms with E-state index in [4.69, 9.17) is 4.52 Å². The predicted molar refractivity (Wildman–Crippen MR) is 143 cm³/mol. The van der Waals surface area contributed by atoms with E-state index in [1.165, 1.54) is 89.9 Å². The van der Waals surface area contributed by atoms with E-state index in [1.807, 2.05) is 21.1 Å². The van der Waals surface area contributed by atoms with E-state index in [1.54, 1.807) is 0 Å². The Kier molecular flexibility index (Phi) is 21.2. The smallest absolute Gasteiger partial charge is 0.371 e. The van der Waals surface area contributed by atoms with Crippen molar-refractivity contribution in [1.82, 2.24) is 0 Å². The van der Waals surface area contributed by atoms with Crippen LogP contribution in [0.2, 0.25) is 0 Å². The van der Waals surface area contributed by atoms with Crippen LogP contribution in [-0.2, 0) is 18.4 Å². The van der Waals surface area contributed by atoms with Gasteiger partial charge in [0, 0.05) is 6.42 Å². The molecule has 0 fully saturated rings. The van der Waals surface area contributed by atoms with Crippen LogP contribution in [0.25, 0.3) is 0 Å². The predicted octanol–water partition coefficient (Wildman–Crippen LogP) is 7.95. The molecule has 202 valence electrons. The highest BCUT2D eigenvalue weighted by Gasteiger charge is 2.26. The van der Waals surface area contributed by atoms with Gasteiger partial charge in [0.2, 0.25) is 0 Å². The summed E-state index contributed by atoms with van der Waals surface area (Å²) >= 11 is 0. The second-order valence-electron chi connectivity index (χ2n) is 10.5. The highest BCUT2D eigenvalue weighted by atomic mass is 31.2. The summed E-state index contributed by atoms with van der Waals surface area (Å²) in [6.07, 6.45) is 25.9. The monoisotopic (exact) mass is 504 g/mol. The van der Waals surface area contributed by atoms with E-state index in [2.05, 4.69) is 23.6 Å². The number of phosphoric ester groups is 1. The Morgan fingerprint density at radius 1 is 0.765 bits per heavy atom. The van der Waals surface area contributed by atoms with Crippen LogP contribution in [0.4, 0.5) is 0 Å². The number of rotatable bonds is 24. The highest BCUT2D eigenvalue weighted by Crippen LogP contribution is 2.43. The fourth-order valence-corrected chi connectivity index (χ4v) is 4.39. The number of allylic oxidation sites excluding steroid dienone is 2. The minimum atomic E-state index is -4.29. The average Bonchev–Trinajstić information content (AvgIpc) is 2.74. The molecule has 0 saturated carbocycles. The third-order valence-electron chi connectivity index (χ3n) is 5.88. The summed E-state index contributed by atoms with van der Waals surface area (Å²) in [5, 5.41) is 0. The maximum Gasteiger partial charge on any atom is 0.529 e. The normalized spacial score (nSPS) is 13.9. The molecule has 0 spiro atoms. The van der Waals surface area contributed by atoms with Crippen molar-refractivity contribution in [3.05, 3.63) is 12.2 Å². The number of likely N-dealkylation sites (N-methyl/N-ethyl adjacent to an activating group) is 1. The first-order valence-electron chi connectivity index (χ1n) is 13.8. The first-order valence-corrected chi connectivity index (χ1v) is 15.3. The Morgan fingerprint density at radius 3 is 1.68 bits per heavy atom. The molecule has 0 saturated heterocycles. The summed E-state index contributed by atoms with van der Waals surface area (Å²) in [7, 11) is 1.57. The summed E-state index contributed by atoms with van der Waals surface area (Å²) in [4.78, 5) is 21.4. The third-order valence-corrected chi connectivity index (χ3v) is 6.82. The van der Waals surface area contributed by atoms with Gasteiger partial charge in [0.25, 0.3) is 0 Å². The van der Waals surface area contributed by atoms with Gasteiger partial charge in [-0.1, -0.05) is 96.1 Å². The third kappa shape index (κ3) is 25.9. The fraction of sp³-hybridized carbons (Fsp3) is 0.889. The quantitative estimate of drug-likeness (QED) is 0.0625. The van der Waals surface area contributed by atoms with E-state index in [-0.39, 0.29) is 13.0 Å². The van der Waals surface area contributed by atoms with Gasteiger partial charge in [-0.3, -0.25) is 14.2 Å². The minimum absolute atomic E-state index is 0.0700. The molecule has 1 atom stereocenters. The number of quaternary nitrogens is 1. The largest absolute Gasteiger partial charge is 0.529 e. The summed E-state index contributed by atoms with van der Waals surface area (Å²) in [6, 6.07) is 0. The molecule has 1 N–H and O–H groups in total. The standard InChI is InChI=1S/C27H54NO5P/c1-5-6-7-8-9-10-11-12-13-14-15-16-17-18-19-20-21-22-23-24-27(29)33-34(30,31)32-26-25-28(2,3)4/h12-13H,5-11,14-26H2,1-4H3/p+1. The molecule has 0 aliphatic heterocycles. The lowest BCUT2D eigenvalue weighted by Crippen LogP contribution is -2.37. The van der Waals surface area contributed by atoms with Crippen LogP contribution in [0.15, 0.2) is 12.2 Å². The first-order chi connectivity index (χ1) is 16.2. The number of carbonyl (C=O) groups is 1. The van der Waals surface area contributed by atoms with Crippen molar-refractivity contribution in [3.8, 4) is 0 Å². The van der Waals surface area contributed by atoms with Crippen LogP contribution in [0.3, 0.4) is 0 Å². The van der Waals surface area contributed by atoms with Crippen molar-refractivity contribution in [1.29, 1.82) is 0 Å². The number of carbonyl (C=O) groups excluding carboxylic acids is 1.